The summed E-state index contributed by atoms with van der Waals surface area (Å²) in [5, 5.41) is 76.8. The zero-order valence-electron chi connectivity index (χ0n) is 38.6. The maximum atomic E-state index is 13.3. The molecule has 0 aromatic carbocycles. The third-order valence-electron chi connectivity index (χ3n) is 13.6. The number of cyclic esters (lactones) is 2. The number of hydrogen-bond acceptors (Lipinski definition) is 14. The molecule has 0 saturated carbocycles. The lowest BCUT2D eigenvalue weighted by Gasteiger charge is -2.50. The SMILES string of the molecule is CC[C@@H]1[C@@H](C)O[C@@](O)([C@@H](C)[C@H](O)[C@H](C)[C@H]2OC(=O)/C=C/C=C/[C@H](C)[C@@H]([C@@H](C)[C@@H](O)[C@H](C)C(O)/C=C/[C@H](CC)[C@@H](C)O)OC(=O)/C=C/C=C/[C@@H]2C)C[C@H]1O[C@H]1C[C@H](O)[C@H](O)[C@H](C)O1. The summed E-state index contributed by atoms with van der Waals surface area (Å²) in [6.45, 7) is 19.6. The molecule has 62 heavy (non-hydrogen) atoms. The van der Waals surface area contributed by atoms with E-state index in [0.29, 0.717) is 12.8 Å². The van der Waals surface area contributed by atoms with Gasteiger partial charge in [0, 0.05) is 72.3 Å². The summed E-state index contributed by atoms with van der Waals surface area (Å²) < 4.78 is 30.4. The molecule has 0 amide bonds. The van der Waals surface area contributed by atoms with Crippen molar-refractivity contribution in [1.29, 1.82) is 0 Å². The van der Waals surface area contributed by atoms with Gasteiger partial charge in [0.05, 0.1) is 48.8 Å². The fourth-order valence-electron chi connectivity index (χ4n) is 9.11. The number of esters is 2. The van der Waals surface area contributed by atoms with E-state index in [1.54, 1.807) is 84.9 Å². The first-order valence-electron chi connectivity index (χ1n) is 22.6. The Bertz CT molecular complexity index is 1530. The largest absolute Gasteiger partial charge is 0.458 e. The standard InChI is InChI=1S/C48H78O14/c1-12-35(32(9)49)22-23-37(50)28(5)43(54)29(6)46-26(3)18-14-16-21-41(53)61-47(27(4)19-15-17-20-40(52)60-46)30(7)44(55)31(8)48(57)25-39(36(13-2)33(10)62-48)59-42-24-38(51)45(56)34(11)58-42/h14-23,26-39,42-47,49-51,54-57H,12-13,24-25H2,1-11H3/b18-14+,19-15+,20-17+,21-16+,23-22+/t26-,27-,28+,29-,30-,31-,32+,33+,34-,35-,36+,37?,38-,39+,42-,43-,44+,45+,46-,47-,48+/m0/s1. The molecule has 0 aromatic rings. The molecule has 1 unspecified atom stereocenters. The topological polar surface area (TPSA) is 222 Å². The quantitative estimate of drug-likeness (QED) is 0.0878. The summed E-state index contributed by atoms with van der Waals surface area (Å²) in [5.74, 6) is -7.24. The van der Waals surface area contributed by atoms with Crippen LogP contribution in [0.5, 0.6) is 0 Å². The third-order valence-corrected chi connectivity index (χ3v) is 13.6. The normalized spacial score (nSPS) is 39.5. The highest BCUT2D eigenvalue weighted by atomic mass is 16.7. The van der Waals surface area contributed by atoms with Crippen LogP contribution >= 0.6 is 0 Å². The van der Waals surface area contributed by atoms with Crippen LogP contribution < -0.4 is 0 Å². The van der Waals surface area contributed by atoms with Gasteiger partial charge in [0.25, 0.3) is 0 Å². The molecule has 2 saturated heterocycles. The molecule has 7 N–H and O–H groups in total. The van der Waals surface area contributed by atoms with Crippen molar-refractivity contribution in [2.45, 2.75) is 181 Å². The molecule has 3 aliphatic heterocycles. The molecule has 354 valence electrons. The lowest BCUT2D eigenvalue weighted by Crippen LogP contribution is -2.59. The third kappa shape index (κ3) is 14.4. The summed E-state index contributed by atoms with van der Waals surface area (Å²) in [6.07, 6.45) is 6.71. The van der Waals surface area contributed by atoms with Gasteiger partial charge in [0.1, 0.15) is 18.3 Å². The van der Waals surface area contributed by atoms with Crippen LogP contribution in [0.2, 0.25) is 0 Å². The van der Waals surface area contributed by atoms with Crippen molar-refractivity contribution < 1.29 is 69.0 Å². The van der Waals surface area contributed by atoms with Crippen LogP contribution in [0.25, 0.3) is 0 Å². The Morgan fingerprint density at radius 3 is 1.81 bits per heavy atom. The summed E-state index contributed by atoms with van der Waals surface area (Å²) in [7, 11) is 0. The van der Waals surface area contributed by atoms with Crippen molar-refractivity contribution in [2.75, 3.05) is 0 Å². The molecule has 14 heteroatoms. The monoisotopic (exact) mass is 879 g/mol. The Morgan fingerprint density at radius 1 is 0.790 bits per heavy atom. The van der Waals surface area contributed by atoms with Crippen LogP contribution in [0.1, 0.15) is 102 Å². The lowest BCUT2D eigenvalue weighted by atomic mass is 9.76. The van der Waals surface area contributed by atoms with Crippen LogP contribution in [0.4, 0.5) is 0 Å². The van der Waals surface area contributed by atoms with Crippen LogP contribution in [-0.2, 0) is 33.3 Å². The molecule has 3 heterocycles. The highest BCUT2D eigenvalue weighted by molar-refractivity contribution is 5.83. The zero-order valence-corrected chi connectivity index (χ0v) is 38.6. The summed E-state index contributed by atoms with van der Waals surface area (Å²) in [6, 6.07) is 0. The predicted molar refractivity (Wildman–Crippen MR) is 234 cm³/mol. The van der Waals surface area contributed by atoms with Crippen molar-refractivity contribution in [3.63, 3.8) is 0 Å². The first kappa shape index (κ1) is 53.6. The minimum Gasteiger partial charge on any atom is -0.458 e. The van der Waals surface area contributed by atoms with Crippen molar-refractivity contribution in [2.24, 2.45) is 47.3 Å². The molecule has 0 spiro atoms. The van der Waals surface area contributed by atoms with Gasteiger partial charge < -0.3 is 59.4 Å². The fourth-order valence-corrected chi connectivity index (χ4v) is 9.11. The van der Waals surface area contributed by atoms with Crippen LogP contribution in [0, 0.1) is 47.3 Å². The fraction of sp³-hybridized carbons (Fsp3) is 0.750. The number of rotatable bonds is 15. The highest BCUT2D eigenvalue weighted by Gasteiger charge is 2.52. The molecular weight excluding hydrogens is 801 g/mol. The minimum atomic E-state index is -1.86. The number of aliphatic hydroxyl groups is 7. The minimum absolute atomic E-state index is 0.0108. The van der Waals surface area contributed by atoms with E-state index < -0.39 is 127 Å². The molecule has 21 atom stereocenters. The first-order valence-corrected chi connectivity index (χ1v) is 22.6. The zero-order chi connectivity index (χ0) is 46.6. The van der Waals surface area contributed by atoms with E-state index >= 15 is 0 Å². The Kier molecular flexibility index (Phi) is 21.2. The summed E-state index contributed by atoms with van der Waals surface area (Å²) in [5.41, 5.74) is 0. The van der Waals surface area contributed by atoms with Gasteiger partial charge in [0.2, 0.25) is 0 Å². The second-order valence-corrected chi connectivity index (χ2v) is 18.2. The number of hydrogen-bond donors (Lipinski definition) is 7. The van der Waals surface area contributed by atoms with E-state index in [4.69, 9.17) is 23.7 Å². The number of allylic oxidation sites excluding steroid dienone is 4. The summed E-state index contributed by atoms with van der Waals surface area (Å²) >= 11 is 0. The van der Waals surface area contributed by atoms with E-state index in [9.17, 15) is 45.3 Å². The predicted octanol–water partition coefficient (Wildman–Crippen LogP) is 4.68. The van der Waals surface area contributed by atoms with Gasteiger partial charge in [-0.15, -0.1) is 0 Å². The van der Waals surface area contributed by atoms with Gasteiger partial charge in [-0.2, -0.15) is 0 Å². The van der Waals surface area contributed by atoms with E-state index in [1.807, 2.05) is 27.7 Å². The second-order valence-electron chi connectivity index (χ2n) is 18.2. The smallest absolute Gasteiger partial charge is 0.331 e. The lowest BCUT2D eigenvalue weighted by molar-refractivity contribution is -0.344. The molecule has 0 aromatic heterocycles. The van der Waals surface area contributed by atoms with Crippen molar-refractivity contribution in [1.82, 2.24) is 0 Å². The average molecular weight is 879 g/mol. The molecule has 3 rings (SSSR count). The second kappa shape index (κ2) is 24.5. The van der Waals surface area contributed by atoms with E-state index in [1.165, 1.54) is 24.3 Å². The number of ether oxygens (including phenoxy) is 5. The van der Waals surface area contributed by atoms with Gasteiger partial charge in [0.15, 0.2) is 12.1 Å². The number of carbonyl (C=O) groups is 2. The number of carbonyl (C=O) groups excluding carboxylic acids is 2. The van der Waals surface area contributed by atoms with E-state index in [0.717, 1.165) is 0 Å². The van der Waals surface area contributed by atoms with Crippen LogP contribution in [0.15, 0.2) is 60.8 Å². The van der Waals surface area contributed by atoms with Gasteiger partial charge in [-0.05, 0) is 33.6 Å². The first-order chi connectivity index (χ1) is 29.1. The van der Waals surface area contributed by atoms with Gasteiger partial charge in [-0.3, -0.25) is 0 Å². The molecule has 2 fully saturated rings. The van der Waals surface area contributed by atoms with Crippen molar-refractivity contribution in [3.05, 3.63) is 60.8 Å². The van der Waals surface area contributed by atoms with Crippen LogP contribution in [-0.4, -0.2) is 127 Å². The molecule has 0 bridgehead atoms. The molecule has 0 aliphatic carbocycles. The van der Waals surface area contributed by atoms with Crippen LogP contribution in [0.3, 0.4) is 0 Å². The maximum Gasteiger partial charge on any atom is 0.331 e. The summed E-state index contributed by atoms with van der Waals surface area (Å²) in [4.78, 5) is 26.5. The average Bonchev–Trinajstić information content (AvgIpc) is 3.21. The maximum absolute atomic E-state index is 13.3. The van der Waals surface area contributed by atoms with Gasteiger partial charge in [-0.1, -0.05) is 104 Å². The molecule has 0 radical (unpaired) electrons. The van der Waals surface area contributed by atoms with Gasteiger partial charge >= 0.3 is 11.9 Å². The molecular formula is C48H78O14. The molecule has 3 aliphatic rings. The highest BCUT2D eigenvalue weighted by Crippen LogP contribution is 2.43. The Morgan fingerprint density at radius 2 is 1.32 bits per heavy atom. The van der Waals surface area contributed by atoms with E-state index in [2.05, 4.69) is 0 Å². The Labute approximate surface area is 369 Å². The Hall–Kier alpha value is -2.76. The van der Waals surface area contributed by atoms with E-state index in [-0.39, 0.29) is 24.7 Å². The Balaban J connectivity index is 1.80. The van der Waals surface area contributed by atoms with Crippen molar-refractivity contribution in [3.8, 4) is 0 Å². The number of aliphatic hydroxyl groups excluding tert-OH is 6. The molecule has 14 nitrogen and oxygen atoms in total. The van der Waals surface area contributed by atoms with Crippen molar-refractivity contribution >= 4 is 11.9 Å². The van der Waals surface area contributed by atoms with Gasteiger partial charge in [-0.25, -0.2) is 9.59 Å².